The van der Waals surface area contributed by atoms with E-state index in [1.54, 1.807) is 13.8 Å². The molecule has 86 valence electrons. The van der Waals surface area contributed by atoms with E-state index < -0.39 is 11.6 Å². The summed E-state index contributed by atoms with van der Waals surface area (Å²) in [5.41, 5.74) is -0.946. The Labute approximate surface area is 89.0 Å². The topological polar surface area (TPSA) is 66.8 Å². The fourth-order valence-electron chi connectivity index (χ4n) is 1.33. The van der Waals surface area contributed by atoms with Gasteiger partial charge in [0.25, 0.3) is 5.91 Å². The minimum Gasteiger partial charge on any atom is -0.480 e. The molecular formula is C10H17NO4. The number of rotatable bonds is 5. The van der Waals surface area contributed by atoms with Gasteiger partial charge in [-0.2, -0.15) is 0 Å². The monoisotopic (exact) mass is 215 g/mol. The van der Waals surface area contributed by atoms with E-state index in [-0.39, 0.29) is 18.5 Å². The standard InChI is InChI=1S/C10H17NO4/c1-10(2,15-3)9(14)11(6-8(12)13)7-4-5-7/h7H,4-6H2,1-3H3,(H,12,13). The third-order valence-electron chi connectivity index (χ3n) is 2.58. The maximum absolute atomic E-state index is 12.0. The number of ether oxygens (including phenoxy) is 1. The van der Waals surface area contributed by atoms with Crippen molar-refractivity contribution in [2.45, 2.75) is 38.3 Å². The van der Waals surface area contributed by atoms with E-state index in [1.807, 2.05) is 0 Å². The first-order valence-corrected chi connectivity index (χ1v) is 4.96. The van der Waals surface area contributed by atoms with E-state index in [0.717, 1.165) is 12.8 Å². The van der Waals surface area contributed by atoms with Crippen molar-refractivity contribution in [1.82, 2.24) is 4.90 Å². The van der Waals surface area contributed by atoms with Gasteiger partial charge in [0.2, 0.25) is 0 Å². The second-order valence-electron chi connectivity index (χ2n) is 4.27. The summed E-state index contributed by atoms with van der Waals surface area (Å²) in [6.07, 6.45) is 1.78. The Hall–Kier alpha value is -1.10. The number of amides is 1. The van der Waals surface area contributed by atoms with Crippen molar-refractivity contribution in [3.63, 3.8) is 0 Å². The molecule has 0 aromatic heterocycles. The minimum atomic E-state index is -0.984. The van der Waals surface area contributed by atoms with Crippen molar-refractivity contribution in [1.29, 1.82) is 0 Å². The average Bonchev–Trinajstić information content (AvgIpc) is 2.96. The first kappa shape index (κ1) is 12.0. The van der Waals surface area contributed by atoms with E-state index in [9.17, 15) is 9.59 Å². The summed E-state index contributed by atoms with van der Waals surface area (Å²) < 4.78 is 5.06. The maximum Gasteiger partial charge on any atom is 0.323 e. The van der Waals surface area contributed by atoms with Crippen LogP contribution in [0.3, 0.4) is 0 Å². The molecule has 15 heavy (non-hydrogen) atoms. The summed E-state index contributed by atoms with van der Waals surface area (Å²) >= 11 is 0. The molecule has 1 N–H and O–H groups in total. The van der Waals surface area contributed by atoms with Crippen LogP contribution in [0.5, 0.6) is 0 Å². The number of methoxy groups -OCH3 is 1. The molecule has 0 aliphatic heterocycles. The first-order chi connectivity index (χ1) is 6.88. The summed E-state index contributed by atoms with van der Waals surface area (Å²) in [4.78, 5) is 24.0. The van der Waals surface area contributed by atoms with Crippen LogP contribution in [0.4, 0.5) is 0 Å². The van der Waals surface area contributed by atoms with Gasteiger partial charge in [-0.15, -0.1) is 0 Å². The van der Waals surface area contributed by atoms with Gasteiger partial charge in [0, 0.05) is 13.2 Å². The molecule has 0 aromatic carbocycles. The van der Waals surface area contributed by atoms with Gasteiger partial charge in [-0.3, -0.25) is 9.59 Å². The number of hydrogen-bond donors (Lipinski definition) is 1. The van der Waals surface area contributed by atoms with Crippen LogP contribution in [0.1, 0.15) is 26.7 Å². The van der Waals surface area contributed by atoms with Gasteiger partial charge >= 0.3 is 5.97 Å². The molecule has 1 fully saturated rings. The predicted molar refractivity (Wildman–Crippen MR) is 53.5 cm³/mol. The van der Waals surface area contributed by atoms with E-state index in [1.165, 1.54) is 12.0 Å². The van der Waals surface area contributed by atoms with Crippen LogP contribution in [0.25, 0.3) is 0 Å². The summed E-state index contributed by atoms with van der Waals surface area (Å²) in [5.74, 6) is -1.24. The molecule has 5 heteroatoms. The number of carbonyl (C=O) groups excluding carboxylic acids is 1. The van der Waals surface area contributed by atoms with Crippen LogP contribution in [0, 0.1) is 0 Å². The molecule has 0 radical (unpaired) electrons. The van der Waals surface area contributed by atoms with Crippen LogP contribution in [-0.4, -0.2) is 47.2 Å². The SMILES string of the molecule is COC(C)(C)C(=O)N(CC(=O)O)C1CC1. The lowest BCUT2D eigenvalue weighted by Gasteiger charge is -2.29. The Balaban J connectivity index is 2.71. The molecule has 1 rings (SSSR count). The number of carboxylic acids is 1. The Morgan fingerprint density at radius 3 is 2.33 bits per heavy atom. The molecule has 1 saturated carbocycles. The zero-order chi connectivity index (χ0) is 11.6. The number of carbonyl (C=O) groups is 2. The number of hydrogen-bond acceptors (Lipinski definition) is 3. The summed E-state index contributed by atoms with van der Waals surface area (Å²) in [6.45, 7) is 3.05. The Kier molecular flexibility index (Phi) is 3.34. The molecule has 0 saturated heterocycles. The molecule has 0 heterocycles. The van der Waals surface area contributed by atoms with E-state index in [4.69, 9.17) is 9.84 Å². The molecular weight excluding hydrogens is 198 g/mol. The van der Waals surface area contributed by atoms with Crippen molar-refractivity contribution >= 4 is 11.9 Å². The lowest BCUT2D eigenvalue weighted by atomic mass is 10.1. The van der Waals surface area contributed by atoms with Crippen molar-refractivity contribution in [3.8, 4) is 0 Å². The third kappa shape index (κ3) is 2.92. The van der Waals surface area contributed by atoms with Crippen LogP contribution in [-0.2, 0) is 14.3 Å². The molecule has 1 amide bonds. The quantitative estimate of drug-likeness (QED) is 0.724. The van der Waals surface area contributed by atoms with Crippen LogP contribution in [0.15, 0.2) is 0 Å². The highest BCUT2D eigenvalue weighted by Gasteiger charge is 2.40. The average molecular weight is 215 g/mol. The van der Waals surface area contributed by atoms with Gasteiger partial charge in [-0.05, 0) is 26.7 Å². The van der Waals surface area contributed by atoms with Crippen molar-refractivity contribution in [2.75, 3.05) is 13.7 Å². The Morgan fingerprint density at radius 1 is 1.47 bits per heavy atom. The van der Waals surface area contributed by atoms with Crippen LogP contribution >= 0.6 is 0 Å². The fraction of sp³-hybridized carbons (Fsp3) is 0.800. The zero-order valence-electron chi connectivity index (χ0n) is 9.32. The lowest BCUT2D eigenvalue weighted by molar-refractivity contribution is -0.156. The molecule has 0 unspecified atom stereocenters. The predicted octanol–water partition coefficient (Wildman–Crippen LogP) is 0.487. The van der Waals surface area contributed by atoms with Gasteiger partial charge in [0.15, 0.2) is 0 Å². The van der Waals surface area contributed by atoms with Gasteiger partial charge < -0.3 is 14.7 Å². The molecule has 1 aliphatic carbocycles. The molecule has 0 bridgehead atoms. The van der Waals surface area contributed by atoms with E-state index >= 15 is 0 Å². The third-order valence-corrected chi connectivity index (χ3v) is 2.58. The van der Waals surface area contributed by atoms with Crippen LogP contribution in [0.2, 0.25) is 0 Å². The maximum atomic E-state index is 12.0. The highest BCUT2D eigenvalue weighted by atomic mass is 16.5. The fourth-order valence-corrected chi connectivity index (χ4v) is 1.33. The zero-order valence-corrected chi connectivity index (χ0v) is 9.32. The highest BCUT2D eigenvalue weighted by Crippen LogP contribution is 2.29. The number of carboxylic acid groups (broad SMARTS) is 1. The highest BCUT2D eigenvalue weighted by molar-refractivity contribution is 5.87. The number of nitrogens with zero attached hydrogens (tertiary/aromatic N) is 1. The number of aliphatic carboxylic acids is 1. The van der Waals surface area contributed by atoms with Gasteiger partial charge in [0.05, 0.1) is 0 Å². The molecule has 5 nitrogen and oxygen atoms in total. The Bertz CT molecular complexity index is 271. The second kappa shape index (κ2) is 4.18. The lowest BCUT2D eigenvalue weighted by Crippen LogP contribution is -2.49. The van der Waals surface area contributed by atoms with Gasteiger partial charge in [0.1, 0.15) is 12.1 Å². The summed E-state index contributed by atoms with van der Waals surface area (Å²) in [6, 6.07) is 0.0861. The largest absolute Gasteiger partial charge is 0.480 e. The molecule has 1 aliphatic rings. The molecule has 0 spiro atoms. The molecule has 0 aromatic rings. The van der Waals surface area contributed by atoms with Crippen molar-refractivity contribution in [2.24, 2.45) is 0 Å². The normalized spacial score (nSPS) is 16.2. The van der Waals surface area contributed by atoms with Crippen molar-refractivity contribution < 1.29 is 19.4 Å². The van der Waals surface area contributed by atoms with Crippen LogP contribution < -0.4 is 0 Å². The Morgan fingerprint density at radius 2 is 2.00 bits per heavy atom. The van der Waals surface area contributed by atoms with Crippen molar-refractivity contribution in [3.05, 3.63) is 0 Å². The summed E-state index contributed by atoms with van der Waals surface area (Å²) in [7, 11) is 1.45. The van der Waals surface area contributed by atoms with E-state index in [2.05, 4.69) is 0 Å². The first-order valence-electron chi connectivity index (χ1n) is 4.96. The van der Waals surface area contributed by atoms with Gasteiger partial charge in [-0.25, -0.2) is 0 Å². The smallest absolute Gasteiger partial charge is 0.323 e. The summed E-state index contributed by atoms with van der Waals surface area (Å²) in [5, 5.41) is 8.71. The minimum absolute atomic E-state index is 0.0861. The van der Waals surface area contributed by atoms with E-state index in [0.29, 0.717) is 0 Å². The second-order valence-corrected chi connectivity index (χ2v) is 4.27. The van der Waals surface area contributed by atoms with Gasteiger partial charge in [-0.1, -0.05) is 0 Å². The molecule has 0 atom stereocenters.